The maximum atomic E-state index is 11.7. The Bertz CT molecular complexity index is 779. The third-order valence-corrected chi connectivity index (χ3v) is 3.61. The second kappa shape index (κ2) is 5.44. The fourth-order valence-electron chi connectivity index (χ4n) is 1.64. The molecule has 3 rings (SSSR count). The van der Waals surface area contributed by atoms with E-state index in [9.17, 15) is 4.79 Å². The lowest BCUT2D eigenvalue weighted by Gasteiger charge is -1.96. The first-order chi connectivity index (χ1) is 9.75. The molecule has 20 heavy (non-hydrogen) atoms. The van der Waals surface area contributed by atoms with Crippen molar-refractivity contribution >= 4 is 40.1 Å². The first kappa shape index (κ1) is 12.8. The molecule has 0 unspecified atom stereocenters. The van der Waals surface area contributed by atoms with E-state index >= 15 is 0 Å². The van der Waals surface area contributed by atoms with Crippen LogP contribution in [0.2, 0.25) is 5.15 Å². The molecule has 0 aliphatic rings. The maximum absolute atomic E-state index is 11.7. The smallest absolute Gasteiger partial charge is 0.313 e. The highest BCUT2D eigenvalue weighted by Crippen LogP contribution is 2.19. The predicted octanol–water partition coefficient (Wildman–Crippen LogP) is 3.24. The van der Waals surface area contributed by atoms with Gasteiger partial charge in [0.1, 0.15) is 5.69 Å². The van der Waals surface area contributed by atoms with Gasteiger partial charge in [0.05, 0.1) is 11.8 Å². The number of hydrogen-bond acceptors (Lipinski definition) is 5. The van der Waals surface area contributed by atoms with Gasteiger partial charge in [-0.05, 0) is 12.1 Å². The molecule has 5 nitrogen and oxygen atoms in total. The number of carbonyl (C=O) groups excluding carboxylic acids is 1. The van der Waals surface area contributed by atoms with Crippen LogP contribution in [0.5, 0.6) is 0 Å². The topological polar surface area (TPSA) is 56.0 Å². The highest BCUT2D eigenvalue weighted by Gasteiger charge is 2.10. The molecule has 0 spiro atoms. The van der Waals surface area contributed by atoms with E-state index in [4.69, 9.17) is 16.4 Å². The number of carbonyl (C=O) groups is 1. The second-order valence-corrected chi connectivity index (χ2v) is 5.05. The van der Waals surface area contributed by atoms with Gasteiger partial charge in [-0.15, -0.1) is 11.3 Å². The van der Waals surface area contributed by atoms with Crippen LogP contribution in [0.15, 0.2) is 47.1 Å². The molecule has 7 heteroatoms. The lowest BCUT2D eigenvalue weighted by atomic mass is 10.2. The van der Waals surface area contributed by atoms with E-state index in [1.165, 1.54) is 17.6 Å². The van der Waals surface area contributed by atoms with Gasteiger partial charge in [-0.3, -0.25) is 4.40 Å². The van der Waals surface area contributed by atoms with E-state index in [2.05, 4.69) is 10.1 Å². The third kappa shape index (κ3) is 2.43. The van der Waals surface area contributed by atoms with Gasteiger partial charge in [0, 0.05) is 11.6 Å². The van der Waals surface area contributed by atoms with Gasteiger partial charge < -0.3 is 4.84 Å². The number of thiazole rings is 1. The summed E-state index contributed by atoms with van der Waals surface area (Å²) in [5.74, 6) is -0.524. The lowest BCUT2D eigenvalue weighted by molar-refractivity contribution is 0.0519. The Morgan fingerprint density at radius 1 is 1.40 bits per heavy atom. The molecule has 3 aromatic rings. The number of fused-ring (bicyclic) bond motifs is 1. The Balaban J connectivity index is 1.76. The van der Waals surface area contributed by atoms with Crippen LogP contribution < -0.4 is 0 Å². The van der Waals surface area contributed by atoms with Gasteiger partial charge in [-0.25, -0.2) is 9.78 Å². The fraction of sp³-hybridized carbons (Fsp3) is 0. The second-order valence-electron chi connectivity index (χ2n) is 3.82. The average molecular weight is 306 g/mol. The van der Waals surface area contributed by atoms with Gasteiger partial charge in [-0.2, -0.15) is 0 Å². The summed E-state index contributed by atoms with van der Waals surface area (Å²) >= 11 is 7.44. The summed E-state index contributed by atoms with van der Waals surface area (Å²) < 4.78 is 1.77. The number of rotatable bonds is 3. The Morgan fingerprint density at radius 3 is 3.00 bits per heavy atom. The van der Waals surface area contributed by atoms with Crippen molar-refractivity contribution in [3.63, 3.8) is 0 Å². The first-order valence-electron chi connectivity index (χ1n) is 5.66. The molecule has 0 N–H and O–H groups in total. The number of imidazole rings is 1. The predicted molar refractivity (Wildman–Crippen MR) is 77.5 cm³/mol. The standard InChI is InChI=1S/C13H8ClN3O2S/c14-11-10(17-6-7-20-13(17)16-11)8-15-19-12(18)9-4-2-1-3-5-9/h1-8H. The van der Waals surface area contributed by atoms with Crippen molar-refractivity contribution in [1.29, 1.82) is 0 Å². The van der Waals surface area contributed by atoms with E-state index < -0.39 is 5.97 Å². The summed E-state index contributed by atoms with van der Waals surface area (Å²) in [6, 6.07) is 8.63. The summed E-state index contributed by atoms with van der Waals surface area (Å²) in [6.45, 7) is 0. The fourth-order valence-corrected chi connectivity index (χ4v) is 2.63. The average Bonchev–Trinajstić information content (AvgIpc) is 3.02. The Labute approximate surface area is 123 Å². The molecule has 2 heterocycles. The van der Waals surface area contributed by atoms with Crippen molar-refractivity contribution in [3.05, 3.63) is 58.3 Å². The van der Waals surface area contributed by atoms with Gasteiger partial charge in [0.25, 0.3) is 0 Å². The van der Waals surface area contributed by atoms with E-state index in [0.29, 0.717) is 16.4 Å². The minimum absolute atomic E-state index is 0.316. The lowest BCUT2D eigenvalue weighted by Crippen LogP contribution is -2.00. The number of benzene rings is 1. The molecule has 0 radical (unpaired) electrons. The van der Waals surface area contributed by atoms with E-state index in [-0.39, 0.29) is 0 Å². The minimum Gasteiger partial charge on any atom is -0.313 e. The Kier molecular flexibility index (Phi) is 3.49. The van der Waals surface area contributed by atoms with Gasteiger partial charge >= 0.3 is 5.97 Å². The zero-order chi connectivity index (χ0) is 13.9. The monoisotopic (exact) mass is 305 g/mol. The van der Waals surface area contributed by atoms with E-state index in [1.54, 1.807) is 28.7 Å². The molecular formula is C13H8ClN3O2S. The van der Waals surface area contributed by atoms with Crippen LogP contribution in [0.3, 0.4) is 0 Å². The van der Waals surface area contributed by atoms with Crippen molar-refractivity contribution in [2.24, 2.45) is 5.16 Å². The van der Waals surface area contributed by atoms with Crippen LogP contribution in [0, 0.1) is 0 Å². The highest BCUT2D eigenvalue weighted by molar-refractivity contribution is 7.15. The molecule has 0 aliphatic carbocycles. The molecule has 0 atom stereocenters. The highest BCUT2D eigenvalue weighted by atomic mass is 35.5. The van der Waals surface area contributed by atoms with Gasteiger partial charge in [0.2, 0.25) is 0 Å². The largest absolute Gasteiger partial charge is 0.365 e. The molecule has 0 saturated carbocycles. The quantitative estimate of drug-likeness (QED) is 0.424. The summed E-state index contributed by atoms with van der Waals surface area (Å²) in [5, 5.41) is 5.86. The van der Waals surface area contributed by atoms with E-state index in [1.807, 2.05) is 17.6 Å². The normalized spacial score (nSPS) is 11.2. The van der Waals surface area contributed by atoms with E-state index in [0.717, 1.165) is 4.96 Å². The van der Waals surface area contributed by atoms with Crippen LogP contribution in [-0.2, 0) is 4.84 Å². The van der Waals surface area contributed by atoms with Gasteiger partial charge in [0.15, 0.2) is 10.1 Å². The molecule has 0 bridgehead atoms. The number of oxime groups is 1. The number of hydrogen-bond donors (Lipinski definition) is 0. The van der Waals surface area contributed by atoms with Crippen LogP contribution in [0.25, 0.3) is 4.96 Å². The molecular weight excluding hydrogens is 298 g/mol. The molecule has 0 aliphatic heterocycles. The van der Waals surface area contributed by atoms with Crippen LogP contribution in [0.4, 0.5) is 0 Å². The summed E-state index contributed by atoms with van der Waals surface area (Å²) in [7, 11) is 0. The Hall–Kier alpha value is -2.18. The van der Waals surface area contributed by atoms with Gasteiger partial charge in [-0.1, -0.05) is 35.0 Å². The first-order valence-corrected chi connectivity index (χ1v) is 6.92. The molecule has 100 valence electrons. The molecule has 1 aromatic carbocycles. The zero-order valence-electron chi connectivity index (χ0n) is 10.1. The van der Waals surface area contributed by atoms with Crippen molar-refractivity contribution in [2.45, 2.75) is 0 Å². The Morgan fingerprint density at radius 2 is 2.20 bits per heavy atom. The summed E-state index contributed by atoms with van der Waals surface area (Å²) in [6.07, 6.45) is 3.19. The molecule has 0 amide bonds. The van der Waals surface area contributed by atoms with Crippen molar-refractivity contribution in [1.82, 2.24) is 9.38 Å². The van der Waals surface area contributed by atoms with Crippen LogP contribution >= 0.6 is 22.9 Å². The summed E-state index contributed by atoms with van der Waals surface area (Å²) in [5.41, 5.74) is 1.01. The molecule has 0 fully saturated rings. The molecule has 2 aromatic heterocycles. The summed E-state index contributed by atoms with van der Waals surface area (Å²) in [4.78, 5) is 21.4. The number of nitrogens with zero attached hydrogens (tertiary/aromatic N) is 3. The SMILES string of the molecule is O=C(ON=Cc1c(Cl)nc2sccn12)c1ccccc1. The van der Waals surface area contributed by atoms with Crippen molar-refractivity contribution in [3.8, 4) is 0 Å². The zero-order valence-corrected chi connectivity index (χ0v) is 11.6. The molecule has 0 saturated heterocycles. The third-order valence-electron chi connectivity index (χ3n) is 2.57. The van der Waals surface area contributed by atoms with Crippen LogP contribution in [-0.4, -0.2) is 21.6 Å². The minimum atomic E-state index is -0.524. The van der Waals surface area contributed by atoms with Crippen molar-refractivity contribution in [2.75, 3.05) is 0 Å². The van der Waals surface area contributed by atoms with Crippen LogP contribution in [0.1, 0.15) is 16.1 Å². The number of aromatic nitrogens is 2. The maximum Gasteiger partial charge on any atom is 0.365 e. The number of halogens is 1. The van der Waals surface area contributed by atoms with Crippen molar-refractivity contribution < 1.29 is 9.63 Å².